The summed E-state index contributed by atoms with van der Waals surface area (Å²) >= 11 is 0. The van der Waals surface area contributed by atoms with Crippen LogP contribution in [0.3, 0.4) is 0 Å². The summed E-state index contributed by atoms with van der Waals surface area (Å²) in [7, 11) is 1.20. The first-order chi connectivity index (χ1) is 30.6. The van der Waals surface area contributed by atoms with E-state index in [1.807, 2.05) is 13.8 Å². The first-order valence-corrected chi connectivity index (χ1v) is 23.1. The number of carbonyl (C=O) groups excluding carboxylic acids is 7. The quantitative estimate of drug-likeness (QED) is 0.0403. The molecule has 1 heterocycles. The SMILES string of the molecule is COC(=O)/C=C/CC[C@H](CC(=O)c1ccc([N+](=O)[O-])cc1C(=O)O)C(=O)N[C@H](C(=O)N1C[C@H]2[C@@H]([C@H]1C(=O)N[C@H](C(=O)C[C@H](C(N)=O)C1CCCCC1)C1CCCCC1)C2(C)C)C(C)(C)C. The van der Waals surface area contributed by atoms with Crippen molar-refractivity contribution in [3.63, 3.8) is 0 Å². The molecule has 0 bridgehead atoms. The Kier molecular flexibility index (Phi) is 16.5. The minimum atomic E-state index is -1.58. The number of rotatable bonds is 20. The third-order valence-electron chi connectivity index (χ3n) is 14.6. The number of Topliss-reactive ketones (excluding diaryl/α,β-unsaturated/α-hetero) is 2. The second kappa shape index (κ2) is 21.2. The molecule has 4 fully saturated rings. The van der Waals surface area contributed by atoms with E-state index >= 15 is 0 Å². The first-order valence-electron chi connectivity index (χ1n) is 23.1. The van der Waals surface area contributed by atoms with Crippen LogP contribution in [0.4, 0.5) is 5.69 Å². The van der Waals surface area contributed by atoms with Gasteiger partial charge in [-0.25, -0.2) is 9.59 Å². The molecule has 4 aliphatic rings. The number of nitro groups is 1. The van der Waals surface area contributed by atoms with Gasteiger partial charge in [0.25, 0.3) is 5.69 Å². The van der Waals surface area contributed by atoms with E-state index in [2.05, 4.69) is 15.4 Å². The number of hydrogen-bond donors (Lipinski definition) is 4. The fraction of sp³-hybridized carbons (Fsp3) is 0.667. The number of carbonyl (C=O) groups is 8. The van der Waals surface area contributed by atoms with Gasteiger partial charge in [0.1, 0.15) is 12.1 Å². The number of nitrogens with two attached hydrogens (primary N) is 1. The van der Waals surface area contributed by atoms with E-state index in [-0.39, 0.29) is 66.2 Å². The van der Waals surface area contributed by atoms with Crippen LogP contribution in [0.2, 0.25) is 0 Å². The van der Waals surface area contributed by atoms with Crippen molar-refractivity contribution in [3.8, 4) is 0 Å². The Hall–Kier alpha value is -5.48. The summed E-state index contributed by atoms with van der Waals surface area (Å²) in [6, 6.07) is -0.249. The minimum Gasteiger partial charge on any atom is -0.478 e. The van der Waals surface area contributed by atoms with Crippen LogP contribution in [-0.4, -0.2) is 93.8 Å². The summed E-state index contributed by atoms with van der Waals surface area (Å²) in [6.45, 7) is 9.55. The summed E-state index contributed by atoms with van der Waals surface area (Å²) in [5.74, 6) is -7.65. The number of fused-ring (bicyclic) bond motifs is 1. The van der Waals surface area contributed by atoms with Crippen LogP contribution < -0.4 is 16.4 Å². The van der Waals surface area contributed by atoms with Crippen LogP contribution in [0.25, 0.3) is 0 Å². The number of carboxylic acids is 1. The zero-order valence-corrected chi connectivity index (χ0v) is 38.6. The number of aromatic carboxylic acids is 1. The van der Waals surface area contributed by atoms with Crippen molar-refractivity contribution < 1.29 is 53.1 Å². The second-order valence-electron chi connectivity index (χ2n) is 20.3. The summed E-state index contributed by atoms with van der Waals surface area (Å²) in [5.41, 5.74) is 3.19. The molecule has 1 aromatic carbocycles. The van der Waals surface area contributed by atoms with Crippen molar-refractivity contribution in [1.82, 2.24) is 15.5 Å². The predicted octanol–water partition coefficient (Wildman–Crippen LogP) is 5.71. The molecule has 0 aromatic heterocycles. The van der Waals surface area contributed by atoms with Crippen LogP contribution >= 0.6 is 0 Å². The number of allylic oxidation sites excluding steroid dienone is 1. The molecular weight excluding hydrogens is 839 g/mol. The number of ketones is 2. The monoisotopic (exact) mass is 905 g/mol. The number of nitro benzene ring substituents is 1. The van der Waals surface area contributed by atoms with E-state index in [9.17, 15) is 53.6 Å². The Balaban J connectivity index is 1.41. The zero-order chi connectivity index (χ0) is 48.0. The standard InChI is InChI=1S/C48H67N5O12/c1-47(2,3)41(51-43(58)29(19-13-14-20-37(56)65-6)23-35(54)31-22-21-30(53(63)64)24-33(31)46(61)62)45(60)52-26-34-38(48(34,4)5)40(52)44(59)50-39(28-17-11-8-12-18-28)36(55)25-32(42(49)57)27-15-9-7-10-16-27/h14,20-22,24,27-29,32,34,38-41H,7-13,15-19,23,25-26H2,1-6H3,(H2,49,57)(H,50,59)(H,51,58)(H,61,62)/b20-14+/t29-,32+,34+,38+,39+,40+,41-/m1/s1. The topological polar surface area (TPSA) is 262 Å². The van der Waals surface area contributed by atoms with Gasteiger partial charge in [0, 0.05) is 55.0 Å². The molecule has 4 amide bonds. The number of amides is 4. The lowest BCUT2D eigenvalue weighted by Gasteiger charge is -2.39. The molecule has 65 heavy (non-hydrogen) atoms. The summed E-state index contributed by atoms with van der Waals surface area (Å²) in [4.78, 5) is 121. The Bertz CT molecular complexity index is 2050. The maximum Gasteiger partial charge on any atom is 0.336 e. The molecule has 5 rings (SSSR count). The average molecular weight is 906 g/mol. The van der Waals surface area contributed by atoms with E-state index < -0.39 is 99.3 Å². The van der Waals surface area contributed by atoms with Crippen molar-refractivity contribution in [2.24, 2.45) is 52.1 Å². The van der Waals surface area contributed by atoms with Gasteiger partial charge in [-0.3, -0.25) is 38.9 Å². The van der Waals surface area contributed by atoms with E-state index in [1.54, 1.807) is 20.8 Å². The second-order valence-corrected chi connectivity index (χ2v) is 20.3. The first kappa shape index (κ1) is 50.5. The number of benzene rings is 1. The maximum atomic E-state index is 14.9. The molecule has 356 valence electrons. The number of piperidine rings is 1. The molecule has 3 aliphatic carbocycles. The Morgan fingerprint density at radius 1 is 0.938 bits per heavy atom. The molecule has 7 atom stereocenters. The van der Waals surface area contributed by atoms with E-state index in [1.165, 1.54) is 18.1 Å². The van der Waals surface area contributed by atoms with Crippen molar-refractivity contribution in [2.45, 2.75) is 143 Å². The number of nitrogens with one attached hydrogen (secondary N) is 2. The van der Waals surface area contributed by atoms with Gasteiger partial charge < -0.3 is 31.1 Å². The van der Waals surface area contributed by atoms with E-state index in [0.717, 1.165) is 88.5 Å². The number of nitrogens with zero attached hydrogens (tertiary/aromatic N) is 2. The lowest BCUT2D eigenvalue weighted by molar-refractivity contribution is -0.384. The maximum absolute atomic E-state index is 14.9. The number of hydrogen-bond acceptors (Lipinski definition) is 11. The van der Waals surface area contributed by atoms with Crippen LogP contribution in [-0.2, 0) is 33.5 Å². The van der Waals surface area contributed by atoms with Crippen LogP contribution in [0.15, 0.2) is 30.4 Å². The summed E-state index contributed by atoms with van der Waals surface area (Å²) in [5, 5.41) is 27.2. The van der Waals surface area contributed by atoms with Gasteiger partial charge in [0.15, 0.2) is 11.6 Å². The summed E-state index contributed by atoms with van der Waals surface area (Å²) < 4.78 is 4.65. The third-order valence-corrected chi connectivity index (χ3v) is 14.6. The summed E-state index contributed by atoms with van der Waals surface area (Å²) in [6.07, 6.45) is 11.0. The van der Waals surface area contributed by atoms with E-state index in [4.69, 9.17) is 5.73 Å². The lowest BCUT2D eigenvalue weighted by Crippen LogP contribution is -2.61. The highest BCUT2D eigenvalue weighted by molar-refractivity contribution is 6.07. The van der Waals surface area contributed by atoms with Crippen LogP contribution in [0.1, 0.15) is 145 Å². The molecule has 0 spiro atoms. The van der Waals surface area contributed by atoms with Gasteiger partial charge in [-0.2, -0.15) is 0 Å². The molecule has 17 nitrogen and oxygen atoms in total. The number of ether oxygens (including phenoxy) is 1. The molecule has 0 unspecified atom stereocenters. The Morgan fingerprint density at radius 2 is 1.55 bits per heavy atom. The molecule has 1 aliphatic heterocycles. The highest BCUT2D eigenvalue weighted by Gasteiger charge is 2.70. The zero-order valence-electron chi connectivity index (χ0n) is 38.6. The lowest BCUT2D eigenvalue weighted by atomic mass is 9.75. The van der Waals surface area contributed by atoms with Gasteiger partial charge >= 0.3 is 11.9 Å². The van der Waals surface area contributed by atoms with Gasteiger partial charge in [-0.1, -0.05) is 79.2 Å². The molecule has 1 saturated heterocycles. The smallest absolute Gasteiger partial charge is 0.336 e. The molecule has 17 heteroatoms. The van der Waals surface area contributed by atoms with Crippen molar-refractivity contribution >= 4 is 52.8 Å². The number of primary amides is 1. The minimum absolute atomic E-state index is 0.00647. The van der Waals surface area contributed by atoms with E-state index in [0.29, 0.717) is 0 Å². The highest BCUT2D eigenvalue weighted by Crippen LogP contribution is 2.65. The Labute approximate surface area is 380 Å². The fourth-order valence-electron chi connectivity index (χ4n) is 10.7. The number of carboxylic acid groups (broad SMARTS) is 1. The van der Waals surface area contributed by atoms with Gasteiger partial charge in [-0.05, 0) is 79.1 Å². The molecule has 1 aromatic rings. The molecular formula is C48H67N5O12. The number of esters is 1. The fourth-order valence-corrected chi connectivity index (χ4v) is 10.7. The van der Waals surface area contributed by atoms with Gasteiger partial charge in [-0.15, -0.1) is 0 Å². The normalized spacial score (nSPS) is 22.7. The largest absolute Gasteiger partial charge is 0.478 e. The molecule has 0 radical (unpaired) electrons. The van der Waals surface area contributed by atoms with Crippen LogP contribution in [0.5, 0.6) is 0 Å². The van der Waals surface area contributed by atoms with Gasteiger partial charge in [0.2, 0.25) is 23.6 Å². The predicted molar refractivity (Wildman–Crippen MR) is 238 cm³/mol. The van der Waals surface area contributed by atoms with Crippen LogP contribution in [0, 0.1) is 56.5 Å². The molecule has 5 N–H and O–H groups in total. The third kappa shape index (κ3) is 12.1. The number of likely N-dealkylation sites (tertiary alicyclic amines) is 1. The molecule has 3 saturated carbocycles. The van der Waals surface area contributed by atoms with Gasteiger partial charge in [0.05, 0.1) is 23.6 Å². The number of non-ortho nitro benzene ring substituents is 1. The van der Waals surface area contributed by atoms with Crippen molar-refractivity contribution in [3.05, 3.63) is 51.6 Å². The van der Waals surface area contributed by atoms with Crippen molar-refractivity contribution in [2.75, 3.05) is 13.7 Å². The number of methoxy groups -OCH3 is 1. The Morgan fingerprint density at radius 3 is 2.11 bits per heavy atom. The average Bonchev–Trinajstić information content (AvgIpc) is 3.55. The highest BCUT2D eigenvalue weighted by atomic mass is 16.6. The van der Waals surface area contributed by atoms with Crippen molar-refractivity contribution in [1.29, 1.82) is 0 Å².